The summed E-state index contributed by atoms with van der Waals surface area (Å²) < 4.78 is 2.22. The number of nitrogens with zero attached hydrogens (tertiary/aromatic N) is 3. The van der Waals surface area contributed by atoms with Gasteiger partial charge in [0.1, 0.15) is 5.82 Å². The molecule has 0 bridgehead atoms. The molecule has 1 aromatic heterocycles. The molecular formula is C39H51Cl2N5O3. The third-order valence-electron chi connectivity index (χ3n) is 11.8. The van der Waals surface area contributed by atoms with Gasteiger partial charge in [0.05, 0.1) is 38.4 Å². The molecule has 3 N–H and O–H groups in total. The van der Waals surface area contributed by atoms with Crippen LogP contribution < -0.4 is 15.5 Å². The fourth-order valence-electron chi connectivity index (χ4n) is 8.24. The molecule has 2 aromatic carbocycles. The van der Waals surface area contributed by atoms with Crippen molar-refractivity contribution in [2.75, 3.05) is 18.0 Å². The standard InChI is InChI=1S/C39H51Cl2N5O3/c1-22-7-10-26(11-8-22)43-35(47)28-16-30-32(18-31(28)45-20-24-15-25(24)21-45)46(39(13-14-39)38(5,6)49)33(44-30)17-27-29(40)12-9-23(34(27)41)19-42-36(48)37(2,3)4/h9,12,16,18,22,24-26,49H,7-8,10-11,13-15,17,19-21H2,1-6H3,(H,42,48)(H,43,47). The number of anilines is 1. The van der Waals surface area contributed by atoms with Gasteiger partial charge in [-0.3, -0.25) is 9.59 Å². The van der Waals surface area contributed by atoms with E-state index in [0.717, 1.165) is 85.3 Å². The lowest BCUT2D eigenvalue weighted by Crippen LogP contribution is -2.41. The number of aliphatic hydroxyl groups is 1. The molecule has 2 heterocycles. The van der Waals surface area contributed by atoms with Crippen LogP contribution in [0.4, 0.5) is 5.69 Å². The Kier molecular flexibility index (Phi) is 8.80. The first-order chi connectivity index (χ1) is 23.1. The molecule has 7 rings (SSSR count). The second kappa shape index (κ2) is 12.4. The Balaban J connectivity index is 1.31. The van der Waals surface area contributed by atoms with Crippen LogP contribution in [0.1, 0.15) is 114 Å². The number of halogens is 2. The molecule has 1 saturated heterocycles. The molecule has 8 nitrogen and oxygen atoms in total. The summed E-state index contributed by atoms with van der Waals surface area (Å²) in [5.74, 6) is 2.74. The molecule has 2 unspecified atom stereocenters. The van der Waals surface area contributed by atoms with Crippen LogP contribution in [-0.4, -0.2) is 51.2 Å². The molecule has 3 aliphatic carbocycles. The van der Waals surface area contributed by atoms with Crippen LogP contribution in [0, 0.1) is 23.2 Å². The van der Waals surface area contributed by atoms with E-state index in [-0.39, 0.29) is 24.4 Å². The van der Waals surface area contributed by atoms with Crippen LogP contribution in [0.15, 0.2) is 24.3 Å². The Morgan fingerprint density at radius 2 is 1.69 bits per heavy atom. The van der Waals surface area contributed by atoms with Gasteiger partial charge in [0.25, 0.3) is 5.91 Å². The first kappa shape index (κ1) is 34.6. The van der Waals surface area contributed by atoms with E-state index in [2.05, 4.69) is 33.1 Å². The fraction of sp³-hybridized carbons (Fsp3) is 0.615. The predicted octanol–water partition coefficient (Wildman–Crippen LogP) is 7.62. The number of rotatable bonds is 9. The van der Waals surface area contributed by atoms with E-state index in [9.17, 15) is 14.7 Å². The molecule has 0 spiro atoms. The van der Waals surface area contributed by atoms with Crippen molar-refractivity contribution in [1.82, 2.24) is 20.2 Å². The van der Waals surface area contributed by atoms with Gasteiger partial charge in [-0.05, 0) is 106 Å². The smallest absolute Gasteiger partial charge is 0.253 e. The zero-order valence-electron chi connectivity index (χ0n) is 29.8. The first-order valence-corrected chi connectivity index (χ1v) is 18.9. The first-order valence-electron chi connectivity index (χ1n) is 18.1. The van der Waals surface area contributed by atoms with Crippen LogP contribution in [-0.2, 0) is 23.3 Å². The summed E-state index contributed by atoms with van der Waals surface area (Å²) >= 11 is 13.9. The van der Waals surface area contributed by atoms with E-state index >= 15 is 0 Å². The lowest BCUT2D eigenvalue weighted by molar-refractivity contribution is -0.128. The summed E-state index contributed by atoms with van der Waals surface area (Å²) in [7, 11) is 0. The van der Waals surface area contributed by atoms with Crippen LogP contribution in [0.2, 0.25) is 10.0 Å². The van der Waals surface area contributed by atoms with Crippen molar-refractivity contribution in [2.45, 2.75) is 117 Å². The topological polar surface area (TPSA) is 99.5 Å². The number of carbonyl (C=O) groups is 2. The average Bonchev–Trinajstić information content (AvgIpc) is 3.93. The number of carbonyl (C=O) groups excluding carboxylic acids is 2. The summed E-state index contributed by atoms with van der Waals surface area (Å²) in [6.07, 6.45) is 7.49. The number of hydrogen-bond donors (Lipinski definition) is 3. The maximum absolute atomic E-state index is 14.1. The summed E-state index contributed by atoms with van der Waals surface area (Å²) in [4.78, 5) is 34.3. The summed E-state index contributed by atoms with van der Waals surface area (Å²) in [6.45, 7) is 13.9. The fourth-order valence-corrected chi connectivity index (χ4v) is 8.81. The Morgan fingerprint density at radius 3 is 2.31 bits per heavy atom. The SMILES string of the molecule is CC1CCC(NC(=O)c2cc3nc(Cc4c(Cl)ccc(CNC(=O)C(C)(C)C)c4Cl)n(C4(C(C)(C)O)CC4)c3cc2N2CC3CC3C2)CC1. The van der Waals surface area contributed by atoms with Crippen molar-refractivity contribution < 1.29 is 14.7 Å². The van der Waals surface area contributed by atoms with Crippen LogP contribution in [0.3, 0.4) is 0 Å². The lowest BCUT2D eigenvalue weighted by Gasteiger charge is -2.33. The van der Waals surface area contributed by atoms with E-state index in [1.54, 1.807) is 0 Å². The zero-order chi connectivity index (χ0) is 35.0. The highest BCUT2D eigenvalue weighted by Crippen LogP contribution is 2.55. The molecule has 49 heavy (non-hydrogen) atoms. The molecule has 1 aliphatic heterocycles. The average molecular weight is 709 g/mol. The largest absolute Gasteiger partial charge is 0.388 e. The Bertz CT molecular complexity index is 1780. The van der Waals surface area contributed by atoms with Crippen molar-refractivity contribution in [1.29, 1.82) is 0 Å². The Labute approximate surface area is 300 Å². The van der Waals surface area contributed by atoms with E-state index in [4.69, 9.17) is 28.2 Å². The maximum Gasteiger partial charge on any atom is 0.253 e. The van der Waals surface area contributed by atoms with Crippen molar-refractivity contribution in [3.8, 4) is 0 Å². The van der Waals surface area contributed by atoms with Gasteiger partial charge in [0.15, 0.2) is 0 Å². The van der Waals surface area contributed by atoms with Gasteiger partial charge in [-0.2, -0.15) is 0 Å². The lowest BCUT2D eigenvalue weighted by atomic mass is 9.87. The van der Waals surface area contributed by atoms with E-state index < -0.39 is 16.6 Å². The molecule has 2 amide bonds. The number of imidazole rings is 1. The molecule has 3 aromatic rings. The number of piperidine rings is 1. The summed E-state index contributed by atoms with van der Waals surface area (Å²) in [5, 5.41) is 19.0. The number of benzene rings is 2. The number of amides is 2. The van der Waals surface area contributed by atoms with E-state index in [1.165, 1.54) is 6.42 Å². The maximum atomic E-state index is 14.1. The predicted molar refractivity (Wildman–Crippen MR) is 197 cm³/mol. The minimum atomic E-state index is -1.02. The molecule has 4 aliphatic rings. The minimum absolute atomic E-state index is 0.0344. The minimum Gasteiger partial charge on any atom is -0.388 e. The van der Waals surface area contributed by atoms with Gasteiger partial charge in [-0.25, -0.2) is 4.98 Å². The highest BCUT2D eigenvalue weighted by atomic mass is 35.5. The highest BCUT2D eigenvalue weighted by Gasteiger charge is 2.57. The van der Waals surface area contributed by atoms with Gasteiger partial charge in [-0.15, -0.1) is 0 Å². The number of aromatic nitrogens is 2. The Morgan fingerprint density at radius 1 is 1.02 bits per heavy atom. The third kappa shape index (κ3) is 6.58. The molecule has 4 fully saturated rings. The van der Waals surface area contributed by atoms with Gasteiger partial charge >= 0.3 is 0 Å². The number of hydrogen-bond acceptors (Lipinski definition) is 5. The molecule has 3 saturated carbocycles. The van der Waals surface area contributed by atoms with Crippen molar-refractivity contribution in [2.24, 2.45) is 23.2 Å². The molecular weight excluding hydrogens is 657 g/mol. The van der Waals surface area contributed by atoms with Crippen molar-refractivity contribution in [3.63, 3.8) is 0 Å². The summed E-state index contributed by atoms with van der Waals surface area (Å²) in [5.41, 5.74) is 2.65. The van der Waals surface area contributed by atoms with Crippen LogP contribution in [0.25, 0.3) is 11.0 Å². The summed E-state index contributed by atoms with van der Waals surface area (Å²) in [6, 6.07) is 7.98. The van der Waals surface area contributed by atoms with Gasteiger partial charge in [0, 0.05) is 42.5 Å². The highest BCUT2D eigenvalue weighted by molar-refractivity contribution is 6.36. The molecule has 10 heteroatoms. The van der Waals surface area contributed by atoms with Gasteiger partial charge in [-0.1, -0.05) is 57.0 Å². The second-order valence-electron chi connectivity index (χ2n) is 17.0. The van der Waals surface area contributed by atoms with Crippen LogP contribution in [0.5, 0.6) is 0 Å². The van der Waals surface area contributed by atoms with E-state index in [0.29, 0.717) is 39.8 Å². The van der Waals surface area contributed by atoms with Gasteiger partial charge < -0.3 is 25.2 Å². The second-order valence-corrected chi connectivity index (χ2v) is 17.8. The molecule has 264 valence electrons. The zero-order valence-corrected chi connectivity index (χ0v) is 31.3. The van der Waals surface area contributed by atoms with E-state index in [1.807, 2.05) is 52.8 Å². The number of fused-ring (bicyclic) bond motifs is 2. The monoisotopic (exact) mass is 707 g/mol. The van der Waals surface area contributed by atoms with Crippen LogP contribution >= 0.6 is 23.2 Å². The van der Waals surface area contributed by atoms with Gasteiger partial charge in [0.2, 0.25) is 5.91 Å². The molecule has 0 radical (unpaired) electrons. The normalized spacial score (nSPS) is 24.6. The van der Waals surface area contributed by atoms with Crippen molar-refractivity contribution in [3.05, 3.63) is 56.8 Å². The van der Waals surface area contributed by atoms with Crippen molar-refractivity contribution >= 4 is 51.7 Å². The third-order valence-corrected chi connectivity index (χ3v) is 12.6. The Hall–Kier alpha value is -2.81. The quantitative estimate of drug-likeness (QED) is 0.213. The number of nitrogens with one attached hydrogen (secondary N) is 2. The molecule has 2 atom stereocenters.